The smallest absolute Gasteiger partial charge is 0.407 e. The van der Waals surface area contributed by atoms with Crippen molar-refractivity contribution in [2.45, 2.75) is 71.4 Å². The van der Waals surface area contributed by atoms with Crippen LogP contribution in [-0.4, -0.2) is 50.4 Å². The second-order valence-electron chi connectivity index (χ2n) is 11.8. The summed E-state index contributed by atoms with van der Waals surface area (Å²) in [5, 5.41) is 11.5. The maximum atomic E-state index is 13.0. The molecule has 2 aromatic heterocycles. The number of nitrogens with one attached hydrogen (secondary N) is 2. The number of benzene rings is 1. The minimum absolute atomic E-state index is 0.0731. The number of carbonyl (C=O) groups is 2. The number of carbonyl (C=O) groups excluding carboxylic acids is 2. The van der Waals surface area contributed by atoms with Crippen LogP contribution in [0.2, 0.25) is 0 Å². The standard InChI is InChI=1S/C30H39N7O3/c1-19-7-11-21(12-8-19)24-23-25(31)34-18-35-26(23)37(36-24)30(5,6)17-33-27(38)22-13-9-20(10-14-22)15-16-32-28(39)40-29(2,3)4/h7-11,13-14,18,21H,12,15-17H2,1-6H3,(H,32,39)(H,33,38)(H2,31,34,35). The number of hydrogen-bond acceptors (Lipinski definition) is 7. The monoisotopic (exact) mass is 545 g/mol. The van der Waals surface area contributed by atoms with Crippen molar-refractivity contribution >= 4 is 28.9 Å². The Morgan fingerprint density at radius 3 is 2.48 bits per heavy atom. The maximum Gasteiger partial charge on any atom is 0.407 e. The van der Waals surface area contributed by atoms with Gasteiger partial charge >= 0.3 is 6.09 Å². The number of rotatable bonds is 8. The van der Waals surface area contributed by atoms with Gasteiger partial charge in [0.2, 0.25) is 0 Å². The molecule has 1 aromatic carbocycles. The van der Waals surface area contributed by atoms with Crippen molar-refractivity contribution < 1.29 is 14.3 Å². The second-order valence-corrected chi connectivity index (χ2v) is 11.8. The van der Waals surface area contributed by atoms with Crippen LogP contribution >= 0.6 is 0 Å². The lowest BCUT2D eigenvalue weighted by atomic mass is 9.93. The summed E-state index contributed by atoms with van der Waals surface area (Å²) in [6, 6.07) is 7.34. The van der Waals surface area contributed by atoms with Crippen LogP contribution in [0.15, 0.2) is 54.4 Å². The number of nitrogens with two attached hydrogens (primary N) is 1. The van der Waals surface area contributed by atoms with Crippen LogP contribution in [0.3, 0.4) is 0 Å². The second kappa shape index (κ2) is 11.5. The first-order valence-electron chi connectivity index (χ1n) is 13.5. The molecule has 1 aliphatic carbocycles. The summed E-state index contributed by atoms with van der Waals surface area (Å²) in [5.74, 6) is 0.282. The Morgan fingerprint density at radius 2 is 1.82 bits per heavy atom. The summed E-state index contributed by atoms with van der Waals surface area (Å²) in [6.07, 6.45) is 8.86. The first-order chi connectivity index (χ1) is 18.8. The minimum Gasteiger partial charge on any atom is -0.444 e. The van der Waals surface area contributed by atoms with E-state index in [-0.39, 0.29) is 11.8 Å². The summed E-state index contributed by atoms with van der Waals surface area (Å²) in [7, 11) is 0. The predicted molar refractivity (Wildman–Crippen MR) is 156 cm³/mol. The summed E-state index contributed by atoms with van der Waals surface area (Å²) < 4.78 is 7.09. The molecule has 0 aliphatic heterocycles. The SMILES string of the molecule is CC1=CCC(c2nn(C(C)(C)CNC(=O)c3ccc(CCNC(=O)OC(C)(C)C)cc3)c3ncnc(N)c23)C=C1. The lowest BCUT2D eigenvalue weighted by Gasteiger charge is -2.26. The van der Waals surface area contributed by atoms with Crippen molar-refractivity contribution in [3.05, 3.63) is 71.2 Å². The molecule has 10 heteroatoms. The molecule has 4 rings (SSSR count). The molecule has 0 radical (unpaired) electrons. The third-order valence-corrected chi connectivity index (χ3v) is 6.71. The van der Waals surface area contributed by atoms with Crippen molar-refractivity contribution in [3.8, 4) is 0 Å². The van der Waals surface area contributed by atoms with Gasteiger partial charge in [-0.05, 0) is 72.1 Å². The highest BCUT2D eigenvalue weighted by atomic mass is 16.6. The van der Waals surface area contributed by atoms with Gasteiger partial charge in [-0.2, -0.15) is 5.10 Å². The minimum atomic E-state index is -0.593. The van der Waals surface area contributed by atoms with Crippen LogP contribution in [0, 0.1) is 0 Å². The molecule has 0 fully saturated rings. The number of allylic oxidation sites excluding steroid dienone is 4. The Hall–Kier alpha value is -4.21. The van der Waals surface area contributed by atoms with E-state index in [2.05, 4.69) is 45.8 Å². The van der Waals surface area contributed by atoms with Crippen LogP contribution in [0.5, 0.6) is 0 Å². The third kappa shape index (κ3) is 6.86. The fourth-order valence-corrected chi connectivity index (χ4v) is 4.53. The normalized spacial score (nSPS) is 15.6. The van der Waals surface area contributed by atoms with Crippen molar-refractivity contribution in [3.63, 3.8) is 0 Å². The fraction of sp³-hybridized carbons (Fsp3) is 0.433. The largest absolute Gasteiger partial charge is 0.444 e. The van der Waals surface area contributed by atoms with Gasteiger partial charge in [-0.3, -0.25) is 4.79 Å². The van der Waals surface area contributed by atoms with Gasteiger partial charge in [0.15, 0.2) is 5.65 Å². The van der Waals surface area contributed by atoms with Gasteiger partial charge < -0.3 is 21.1 Å². The van der Waals surface area contributed by atoms with Crippen molar-refractivity contribution in [2.75, 3.05) is 18.8 Å². The van der Waals surface area contributed by atoms with Gasteiger partial charge in [0, 0.05) is 24.6 Å². The summed E-state index contributed by atoms with van der Waals surface area (Å²) in [4.78, 5) is 33.5. The highest BCUT2D eigenvalue weighted by Crippen LogP contribution is 2.34. The van der Waals surface area contributed by atoms with E-state index in [0.717, 1.165) is 23.1 Å². The Labute approximate surface area is 235 Å². The van der Waals surface area contributed by atoms with Crippen molar-refractivity contribution in [2.24, 2.45) is 0 Å². The lowest BCUT2D eigenvalue weighted by Crippen LogP contribution is -2.41. The summed E-state index contributed by atoms with van der Waals surface area (Å²) in [6.45, 7) is 12.3. The predicted octanol–water partition coefficient (Wildman–Crippen LogP) is 4.63. The molecule has 1 atom stereocenters. The van der Waals surface area contributed by atoms with E-state index in [1.54, 1.807) is 12.1 Å². The molecule has 1 unspecified atom stereocenters. The zero-order valence-corrected chi connectivity index (χ0v) is 24.1. The highest BCUT2D eigenvalue weighted by molar-refractivity contribution is 5.94. The Bertz CT molecular complexity index is 1450. The number of nitrogen functional groups attached to an aromatic ring is 1. The molecule has 0 bridgehead atoms. The zero-order chi connectivity index (χ0) is 29.1. The van der Waals surface area contributed by atoms with Gasteiger partial charge in [-0.25, -0.2) is 19.4 Å². The van der Waals surface area contributed by atoms with Crippen LogP contribution in [0.25, 0.3) is 11.0 Å². The average Bonchev–Trinajstić information content (AvgIpc) is 3.29. The van der Waals surface area contributed by atoms with Gasteiger partial charge in [0.25, 0.3) is 5.91 Å². The first-order valence-corrected chi connectivity index (χ1v) is 13.5. The van der Waals surface area contributed by atoms with Gasteiger partial charge in [-0.15, -0.1) is 0 Å². The Balaban J connectivity index is 1.41. The molecular formula is C30H39N7O3. The molecule has 0 spiro atoms. The number of nitrogens with zero attached hydrogens (tertiary/aromatic N) is 4. The molecule has 10 nitrogen and oxygen atoms in total. The van der Waals surface area contributed by atoms with E-state index >= 15 is 0 Å². The van der Waals surface area contributed by atoms with E-state index in [0.29, 0.717) is 36.5 Å². The number of alkyl carbamates (subject to hydrolysis) is 1. The zero-order valence-electron chi connectivity index (χ0n) is 24.1. The molecule has 1 aliphatic rings. The van der Waals surface area contributed by atoms with E-state index in [4.69, 9.17) is 15.6 Å². The lowest BCUT2D eigenvalue weighted by molar-refractivity contribution is 0.0528. The number of hydrogen-bond donors (Lipinski definition) is 3. The first kappa shape index (κ1) is 28.8. The molecule has 212 valence electrons. The highest BCUT2D eigenvalue weighted by Gasteiger charge is 2.30. The Morgan fingerprint density at radius 1 is 1.10 bits per heavy atom. The van der Waals surface area contributed by atoms with Gasteiger partial charge in [0.05, 0.1) is 16.6 Å². The molecule has 3 aromatic rings. The topological polar surface area (TPSA) is 137 Å². The van der Waals surface area contributed by atoms with Crippen molar-refractivity contribution in [1.29, 1.82) is 0 Å². The molecule has 4 N–H and O–H groups in total. The van der Waals surface area contributed by atoms with Crippen LogP contribution in [0.1, 0.15) is 75.5 Å². The van der Waals surface area contributed by atoms with Crippen LogP contribution in [0.4, 0.5) is 10.6 Å². The maximum absolute atomic E-state index is 13.0. The molecule has 2 heterocycles. The molecule has 0 saturated heterocycles. The van der Waals surface area contributed by atoms with Crippen molar-refractivity contribution in [1.82, 2.24) is 30.4 Å². The number of anilines is 1. The number of amides is 2. The van der Waals surface area contributed by atoms with Gasteiger partial charge in [0.1, 0.15) is 17.7 Å². The molecule has 40 heavy (non-hydrogen) atoms. The average molecular weight is 546 g/mol. The fourth-order valence-electron chi connectivity index (χ4n) is 4.53. The molecular weight excluding hydrogens is 506 g/mol. The van der Waals surface area contributed by atoms with Crippen LogP contribution in [-0.2, 0) is 16.7 Å². The van der Waals surface area contributed by atoms with Gasteiger partial charge in [-0.1, -0.05) is 35.9 Å². The summed E-state index contributed by atoms with van der Waals surface area (Å²) >= 11 is 0. The summed E-state index contributed by atoms with van der Waals surface area (Å²) in [5.41, 5.74) is 9.41. The number of ether oxygens (including phenoxy) is 1. The molecule has 0 saturated carbocycles. The van der Waals surface area contributed by atoms with Crippen LogP contribution < -0.4 is 16.4 Å². The Kier molecular flexibility index (Phi) is 8.27. The van der Waals surface area contributed by atoms with E-state index in [1.807, 2.05) is 51.4 Å². The number of fused-ring (bicyclic) bond motifs is 1. The third-order valence-electron chi connectivity index (χ3n) is 6.71. The molecule has 2 amide bonds. The van der Waals surface area contributed by atoms with E-state index in [9.17, 15) is 9.59 Å². The number of aromatic nitrogens is 4. The quantitative estimate of drug-likeness (QED) is 0.375. The van der Waals surface area contributed by atoms with E-state index in [1.165, 1.54) is 11.9 Å². The van der Waals surface area contributed by atoms with E-state index < -0.39 is 17.2 Å².